The molecule has 1 amide bonds. The van der Waals surface area contributed by atoms with Crippen LogP contribution in [0.15, 0.2) is 24.3 Å². The number of rotatable bonds is 9. The highest BCUT2D eigenvalue weighted by Gasteiger charge is 2.11. The third kappa shape index (κ3) is 6.79. The lowest BCUT2D eigenvalue weighted by Crippen LogP contribution is -2.37. The fourth-order valence-corrected chi connectivity index (χ4v) is 3.04. The van der Waals surface area contributed by atoms with Crippen LogP contribution in [0.1, 0.15) is 44.9 Å². The van der Waals surface area contributed by atoms with E-state index in [-0.39, 0.29) is 5.91 Å². The standard InChI is InChI=1S/C19H30N2O3/c1-23-17-10-6-7-11-18(17)24-15-12-19(22)21-14-13-20-16-8-4-2-3-5-9-16/h6-7,10-11,16,20H,2-5,8-9,12-15H2,1H3,(H,21,22). The molecule has 5 heteroatoms. The summed E-state index contributed by atoms with van der Waals surface area (Å²) in [6.45, 7) is 1.86. The molecule has 0 radical (unpaired) electrons. The topological polar surface area (TPSA) is 59.6 Å². The van der Waals surface area contributed by atoms with E-state index in [2.05, 4.69) is 10.6 Å². The van der Waals surface area contributed by atoms with Gasteiger partial charge in [0.1, 0.15) is 0 Å². The number of hydrogen-bond donors (Lipinski definition) is 2. The smallest absolute Gasteiger partial charge is 0.223 e. The van der Waals surface area contributed by atoms with E-state index >= 15 is 0 Å². The third-order valence-electron chi connectivity index (χ3n) is 4.39. The van der Waals surface area contributed by atoms with Crippen LogP contribution in [0.5, 0.6) is 11.5 Å². The zero-order valence-corrected chi connectivity index (χ0v) is 14.7. The van der Waals surface area contributed by atoms with E-state index in [0.29, 0.717) is 37.1 Å². The molecule has 24 heavy (non-hydrogen) atoms. The summed E-state index contributed by atoms with van der Waals surface area (Å²) >= 11 is 0. The van der Waals surface area contributed by atoms with Crippen molar-refractivity contribution in [3.8, 4) is 11.5 Å². The van der Waals surface area contributed by atoms with E-state index in [4.69, 9.17) is 9.47 Å². The van der Waals surface area contributed by atoms with Crippen LogP contribution in [-0.2, 0) is 4.79 Å². The van der Waals surface area contributed by atoms with Gasteiger partial charge in [-0.05, 0) is 25.0 Å². The second-order valence-electron chi connectivity index (χ2n) is 6.24. The minimum absolute atomic E-state index is 0.0209. The summed E-state index contributed by atoms with van der Waals surface area (Å²) in [5.41, 5.74) is 0. The van der Waals surface area contributed by atoms with Crippen molar-refractivity contribution in [3.63, 3.8) is 0 Å². The molecule has 1 aliphatic carbocycles. The van der Waals surface area contributed by atoms with E-state index in [1.54, 1.807) is 7.11 Å². The first-order valence-electron chi connectivity index (χ1n) is 9.05. The first kappa shape index (κ1) is 18.6. The van der Waals surface area contributed by atoms with Crippen molar-refractivity contribution >= 4 is 5.91 Å². The summed E-state index contributed by atoms with van der Waals surface area (Å²) in [6, 6.07) is 8.08. The van der Waals surface area contributed by atoms with E-state index in [0.717, 1.165) is 6.54 Å². The quantitative estimate of drug-likeness (QED) is 0.538. The van der Waals surface area contributed by atoms with Crippen LogP contribution >= 0.6 is 0 Å². The normalized spacial score (nSPS) is 15.5. The number of methoxy groups -OCH3 is 1. The van der Waals surface area contributed by atoms with Crippen LogP contribution in [0.2, 0.25) is 0 Å². The predicted molar refractivity (Wildman–Crippen MR) is 95.6 cm³/mol. The maximum atomic E-state index is 11.8. The molecule has 0 aliphatic heterocycles. The van der Waals surface area contributed by atoms with Crippen molar-refractivity contribution in [2.24, 2.45) is 0 Å². The molecule has 1 saturated carbocycles. The Balaban J connectivity index is 1.55. The summed E-state index contributed by atoms with van der Waals surface area (Å²) < 4.78 is 10.8. The molecule has 0 spiro atoms. The number of carbonyl (C=O) groups excluding carboxylic acids is 1. The molecule has 5 nitrogen and oxygen atoms in total. The van der Waals surface area contributed by atoms with Gasteiger partial charge < -0.3 is 20.1 Å². The first-order valence-corrected chi connectivity index (χ1v) is 9.05. The molecular formula is C19H30N2O3. The summed E-state index contributed by atoms with van der Waals surface area (Å²) in [5, 5.41) is 6.49. The molecule has 0 bridgehead atoms. The SMILES string of the molecule is COc1ccccc1OCCC(=O)NCCNC1CCCCCC1. The van der Waals surface area contributed by atoms with Gasteiger partial charge >= 0.3 is 0 Å². The van der Waals surface area contributed by atoms with Gasteiger partial charge in [0.05, 0.1) is 20.1 Å². The van der Waals surface area contributed by atoms with Gasteiger partial charge in [-0.25, -0.2) is 0 Å². The van der Waals surface area contributed by atoms with Crippen molar-refractivity contribution in [2.75, 3.05) is 26.8 Å². The maximum Gasteiger partial charge on any atom is 0.223 e. The fraction of sp³-hybridized carbons (Fsp3) is 0.632. The van der Waals surface area contributed by atoms with Gasteiger partial charge in [-0.15, -0.1) is 0 Å². The second kappa shape index (κ2) is 10.9. The average molecular weight is 334 g/mol. The Hall–Kier alpha value is -1.75. The fourth-order valence-electron chi connectivity index (χ4n) is 3.04. The van der Waals surface area contributed by atoms with Gasteiger partial charge in [-0.3, -0.25) is 4.79 Å². The number of para-hydroxylation sites is 2. The van der Waals surface area contributed by atoms with Gasteiger partial charge in [0.15, 0.2) is 11.5 Å². The molecule has 0 unspecified atom stereocenters. The van der Waals surface area contributed by atoms with Crippen molar-refractivity contribution in [3.05, 3.63) is 24.3 Å². The highest BCUT2D eigenvalue weighted by molar-refractivity contribution is 5.75. The van der Waals surface area contributed by atoms with E-state index in [9.17, 15) is 4.79 Å². The zero-order valence-electron chi connectivity index (χ0n) is 14.7. The van der Waals surface area contributed by atoms with Crippen LogP contribution in [0.3, 0.4) is 0 Å². The minimum atomic E-state index is 0.0209. The van der Waals surface area contributed by atoms with Crippen molar-refractivity contribution in [1.82, 2.24) is 10.6 Å². The monoisotopic (exact) mass is 334 g/mol. The third-order valence-corrected chi connectivity index (χ3v) is 4.39. The van der Waals surface area contributed by atoms with Crippen LogP contribution < -0.4 is 20.1 Å². The summed E-state index contributed by atoms with van der Waals surface area (Å²) in [5.74, 6) is 1.38. The van der Waals surface area contributed by atoms with Gasteiger partial charge in [0.2, 0.25) is 5.91 Å². The van der Waals surface area contributed by atoms with Gasteiger partial charge in [0.25, 0.3) is 0 Å². The molecule has 134 valence electrons. The Morgan fingerprint density at radius 1 is 1.08 bits per heavy atom. The largest absolute Gasteiger partial charge is 0.493 e. The van der Waals surface area contributed by atoms with Crippen LogP contribution in [0, 0.1) is 0 Å². The lowest BCUT2D eigenvalue weighted by atomic mass is 10.1. The minimum Gasteiger partial charge on any atom is -0.493 e. The van der Waals surface area contributed by atoms with Crippen molar-refractivity contribution in [1.29, 1.82) is 0 Å². The number of amides is 1. The van der Waals surface area contributed by atoms with E-state index < -0.39 is 0 Å². The maximum absolute atomic E-state index is 11.8. The lowest BCUT2D eigenvalue weighted by Gasteiger charge is -2.16. The number of hydrogen-bond acceptors (Lipinski definition) is 4. The van der Waals surface area contributed by atoms with Crippen molar-refractivity contribution in [2.45, 2.75) is 51.0 Å². The van der Waals surface area contributed by atoms with E-state index in [1.165, 1.54) is 38.5 Å². The van der Waals surface area contributed by atoms with Crippen LogP contribution in [-0.4, -0.2) is 38.8 Å². The Morgan fingerprint density at radius 2 is 1.79 bits per heavy atom. The molecule has 0 saturated heterocycles. The summed E-state index contributed by atoms with van der Waals surface area (Å²) in [6.07, 6.45) is 8.25. The van der Waals surface area contributed by atoms with Gasteiger partial charge in [-0.1, -0.05) is 37.8 Å². The second-order valence-corrected chi connectivity index (χ2v) is 6.24. The van der Waals surface area contributed by atoms with Gasteiger partial charge in [0, 0.05) is 19.1 Å². The molecule has 0 heterocycles. The average Bonchev–Trinajstić information content (AvgIpc) is 2.88. The van der Waals surface area contributed by atoms with E-state index in [1.807, 2.05) is 24.3 Å². The molecule has 1 aromatic carbocycles. The van der Waals surface area contributed by atoms with Crippen molar-refractivity contribution < 1.29 is 14.3 Å². The number of nitrogens with one attached hydrogen (secondary N) is 2. The summed E-state index contributed by atoms with van der Waals surface area (Å²) in [7, 11) is 1.61. The highest BCUT2D eigenvalue weighted by atomic mass is 16.5. The molecule has 1 fully saturated rings. The number of benzene rings is 1. The molecule has 2 N–H and O–H groups in total. The highest BCUT2D eigenvalue weighted by Crippen LogP contribution is 2.25. The first-order chi connectivity index (χ1) is 11.8. The predicted octanol–water partition coefficient (Wildman–Crippen LogP) is 2.89. The zero-order chi connectivity index (χ0) is 17.0. The molecule has 0 aromatic heterocycles. The molecular weight excluding hydrogens is 304 g/mol. The molecule has 0 atom stereocenters. The lowest BCUT2D eigenvalue weighted by molar-refractivity contribution is -0.121. The Labute approximate surface area is 145 Å². The Bertz CT molecular complexity index is 485. The number of carbonyl (C=O) groups is 1. The molecule has 1 aliphatic rings. The summed E-state index contributed by atoms with van der Waals surface area (Å²) in [4.78, 5) is 11.8. The van der Waals surface area contributed by atoms with Crippen LogP contribution in [0.4, 0.5) is 0 Å². The van der Waals surface area contributed by atoms with Crippen LogP contribution in [0.25, 0.3) is 0 Å². The molecule has 2 rings (SSSR count). The Morgan fingerprint density at radius 3 is 2.50 bits per heavy atom. The number of ether oxygens (including phenoxy) is 2. The molecule has 1 aromatic rings. The Kier molecular flexibility index (Phi) is 8.46. The van der Waals surface area contributed by atoms with Gasteiger partial charge in [-0.2, -0.15) is 0 Å².